The van der Waals surface area contributed by atoms with Gasteiger partial charge in [0.25, 0.3) is 5.91 Å². The quantitative estimate of drug-likeness (QED) is 0.739. The van der Waals surface area contributed by atoms with E-state index in [1.165, 1.54) is 12.8 Å². The third-order valence-corrected chi connectivity index (χ3v) is 5.70. The van der Waals surface area contributed by atoms with Crippen LogP contribution in [0.3, 0.4) is 0 Å². The SMILES string of the molecule is COc1cc(C(=O)N2CCOCC2)ccc1Nn1cc2c(c1)C(OCC1CC1)=NCN2. The number of nitrogens with zero attached hydrogens (tertiary/aromatic N) is 3. The van der Waals surface area contributed by atoms with Crippen molar-refractivity contribution >= 4 is 23.2 Å². The van der Waals surface area contributed by atoms with Crippen molar-refractivity contribution in [1.29, 1.82) is 0 Å². The topological polar surface area (TPSA) is 89.3 Å². The normalized spacial score (nSPS) is 18.0. The van der Waals surface area contributed by atoms with Crippen LogP contribution in [0.4, 0.5) is 11.4 Å². The number of hydrogen-bond acceptors (Lipinski definition) is 7. The van der Waals surface area contributed by atoms with Gasteiger partial charge in [0.15, 0.2) is 0 Å². The molecule has 5 rings (SSSR count). The second kappa shape index (κ2) is 8.50. The molecule has 0 unspecified atom stereocenters. The summed E-state index contributed by atoms with van der Waals surface area (Å²) < 4.78 is 18.7. The van der Waals surface area contributed by atoms with Gasteiger partial charge in [-0.25, -0.2) is 4.99 Å². The molecule has 2 aliphatic heterocycles. The maximum atomic E-state index is 12.8. The fourth-order valence-electron chi connectivity index (χ4n) is 3.72. The van der Waals surface area contributed by atoms with E-state index < -0.39 is 0 Å². The van der Waals surface area contributed by atoms with Gasteiger partial charge in [-0.05, 0) is 37.0 Å². The third kappa shape index (κ3) is 4.32. The molecule has 0 radical (unpaired) electrons. The molecule has 3 heterocycles. The summed E-state index contributed by atoms with van der Waals surface area (Å²) >= 11 is 0. The van der Waals surface area contributed by atoms with Crippen molar-refractivity contribution < 1.29 is 19.0 Å². The van der Waals surface area contributed by atoms with Crippen molar-refractivity contribution in [2.45, 2.75) is 12.8 Å². The van der Waals surface area contributed by atoms with E-state index in [0.717, 1.165) is 23.5 Å². The number of aromatic nitrogens is 1. The molecule has 1 aliphatic carbocycles. The zero-order chi connectivity index (χ0) is 21.2. The van der Waals surface area contributed by atoms with Crippen LogP contribution in [0.5, 0.6) is 5.75 Å². The Morgan fingerprint density at radius 2 is 2.13 bits per heavy atom. The fraction of sp³-hybridized carbons (Fsp3) is 0.455. The first-order valence-corrected chi connectivity index (χ1v) is 10.7. The maximum Gasteiger partial charge on any atom is 0.254 e. The van der Waals surface area contributed by atoms with Crippen molar-refractivity contribution in [2.24, 2.45) is 10.9 Å². The van der Waals surface area contributed by atoms with Gasteiger partial charge in [-0.15, -0.1) is 0 Å². The highest BCUT2D eigenvalue weighted by molar-refractivity contribution is 6.01. The average molecular weight is 425 g/mol. The molecule has 2 fully saturated rings. The molecule has 9 nitrogen and oxygen atoms in total. The predicted molar refractivity (Wildman–Crippen MR) is 117 cm³/mol. The largest absolute Gasteiger partial charge is 0.494 e. The van der Waals surface area contributed by atoms with E-state index in [9.17, 15) is 4.79 Å². The second-order valence-electron chi connectivity index (χ2n) is 7.98. The molecule has 1 saturated heterocycles. The maximum absolute atomic E-state index is 12.8. The lowest BCUT2D eigenvalue weighted by Crippen LogP contribution is -2.40. The van der Waals surface area contributed by atoms with Crippen molar-refractivity contribution in [3.05, 3.63) is 41.7 Å². The lowest BCUT2D eigenvalue weighted by atomic mass is 10.1. The molecule has 164 valence electrons. The van der Waals surface area contributed by atoms with Gasteiger partial charge in [0.2, 0.25) is 5.90 Å². The first-order valence-electron chi connectivity index (χ1n) is 10.7. The minimum absolute atomic E-state index is 0.0116. The van der Waals surface area contributed by atoms with Gasteiger partial charge in [-0.1, -0.05) is 0 Å². The number of benzene rings is 1. The first kappa shape index (κ1) is 19.7. The Morgan fingerprint density at radius 3 is 2.90 bits per heavy atom. The van der Waals surface area contributed by atoms with Crippen LogP contribution >= 0.6 is 0 Å². The van der Waals surface area contributed by atoms with Crippen LogP contribution in [0.15, 0.2) is 35.6 Å². The van der Waals surface area contributed by atoms with Crippen LogP contribution in [0.2, 0.25) is 0 Å². The number of methoxy groups -OCH3 is 1. The number of rotatable bonds is 6. The summed E-state index contributed by atoms with van der Waals surface area (Å²) in [7, 11) is 1.60. The second-order valence-corrected chi connectivity index (χ2v) is 7.98. The molecule has 0 atom stereocenters. The molecule has 1 aromatic carbocycles. The van der Waals surface area contributed by atoms with Gasteiger partial charge in [-0.3, -0.25) is 14.9 Å². The van der Waals surface area contributed by atoms with Gasteiger partial charge in [0.1, 0.15) is 12.4 Å². The van der Waals surface area contributed by atoms with E-state index in [0.29, 0.717) is 56.1 Å². The van der Waals surface area contributed by atoms with E-state index in [4.69, 9.17) is 14.2 Å². The molecular weight excluding hydrogens is 398 g/mol. The molecule has 1 saturated carbocycles. The molecule has 3 aliphatic rings. The minimum atomic E-state index is -0.0116. The molecule has 2 aromatic rings. The Kier molecular flexibility index (Phi) is 5.42. The number of aliphatic imine (C=N–C) groups is 1. The fourth-order valence-corrected chi connectivity index (χ4v) is 3.72. The Hall–Kier alpha value is -3.20. The molecule has 2 N–H and O–H groups in total. The number of carbonyl (C=O) groups is 1. The summed E-state index contributed by atoms with van der Waals surface area (Å²) in [6.45, 7) is 3.59. The van der Waals surface area contributed by atoms with E-state index in [1.54, 1.807) is 18.1 Å². The van der Waals surface area contributed by atoms with Crippen LogP contribution in [-0.2, 0) is 9.47 Å². The van der Waals surface area contributed by atoms with Gasteiger partial charge in [0.05, 0.1) is 50.1 Å². The number of amides is 1. The monoisotopic (exact) mass is 425 g/mol. The average Bonchev–Trinajstić information content (AvgIpc) is 3.55. The third-order valence-electron chi connectivity index (χ3n) is 5.70. The Morgan fingerprint density at radius 1 is 1.29 bits per heavy atom. The molecule has 31 heavy (non-hydrogen) atoms. The molecular formula is C22H27N5O4. The smallest absolute Gasteiger partial charge is 0.254 e. The van der Waals surface area contributed by atoms with E-state index in [1.807, 2.05) is 29.2 Å². The number of nitrogens with one attached hydrogen (secondary N) is 2. The lowest BCUT2D eigenvalue weighted by Gasteiger charge is -2.27. The van der Waals surface area contributed by atoms with Crippen molar-refractivity contribution in [3.63, 3.8) is 0 Å². The minimum Gasteiger partial charge on any atom is -0.494 e. The summed E-state index contributed by atoms with van der Waals surface area (Å²) in [5.74, 6) is 1.93. The van der Waals surface area contributed by atoms with Crippen LogP contribution in [0.1, 0.15) is 28.8 Å². The Balaban J connectivity index is 1.32. The summed E-state index contributed by atoms with van der Waals surface area (Å²) in [6.07, 6.45) is 6.38. The van der Waals surface area contributed by atoms with Gasteiger partial charge < -0.3 is 24.4 Å². The standard InChI is InChI=1S/C22H27N5O4/c1-29-20-10-16(22(28)26-6-8-30-9-7-26)4-5-18(20)25-27-11-17-19(12-27)23-14-24-21(17)31-13-15-2-3-15/h4-5,10-12,15,23,25H,2-3,6-9,13-14H2,1H3. The van der Waals surface area contributed by atoms with Crippen molar-refractivity contribution in [2.75, 3.05) is 57.4 Å². The van der Waals surface area contributed by atoms with Gasteiger partial charge in [-0.2, -0.15) is 0 Å². The zero-order valence-corrected chi connectivity index (χ0v) is 17.6. The van der Waals surface area contributed by atoms with Crippen LogP contribution in [-0.4, -0.2) is 68.1 Å². The highest BCUT2D eigenvalue weighted by Crippen LogP contribution is 2.31. The molecule has 1 amide bonds. The number of hydrogen-bond donors (Lipinski definition) is 2. The number of ether oxygens (including phenoxy) is 3. The number of fused-ring (bicyclic) bond motifs is 1. The first-order chi connectivity index (χ1) is 15.2. The number of anilines is 2. The molecule has 9 heteroatoms. The highest BCUT2D eigenvalue weighted by atomic mass is 16.5. The Labute approximate surface area is 180 Å². The predicted octanol–water partition coefficient (Wildman–Crippen LogP) is 2.40. The molecule has 0 spiro atoms. The highest BCUT2D eigenvalue weighted by Gasteiger charge is 2.25. The van der Waals surface area contributed by atoms with Crippen molar-refractivity contribution in [3.8, 4) is 5.75 Å². The molecule has 1 aromatic heterocycles. The summed E-state index contributed by atoms with van der Waals surface area (Å²) in [5.41, 5.74) is 6.57. The van der Waals surface area contributed by atoms with Crippen molar-refractivity contribution in [1.82, 2.24) is 9.58 Å². The number of morpholine rings is 1. The van der Waals surface area contributed by atoms with E-state index in [2.05, 4.69) is 15.7 Å². The Bertz CT molecular complexity index is 992. The van der Waals surface area contributed by atoms with E-state index >= 15 is 0 Å². The van der Waals surface area contributed by atoms with Crippen LogP contribution < -0.4 is 15.5 Å². The van der Waals surface area contributed by atoms with Crippen LogP contribution in [0, 0.1) is 5.92 Å². The lowest BCUT2D eigenvalue weighted by molar-refractivity contribution is 0.0302. The number of carbonyl (C=O) groups excluding carboxylic acids is 1. The summed E-state index contributed by atoms with van der Waals surface area (Å²) in [4.78, 5) is 19.0. The van der Waals surface area contributed by atoms with Gasteiger partial charge in [0, 0.05) is 24.8 Å². The zero-order valence-electron chi connectivity index (χ0n) is 17.6. The molecule has 0 bridgehead atoms. The van der Waals surface area contributed by atoms with Gasteiger partial charge >= 0.3 is 0 Å². The summed E-state index contributed by atoms with van der Waals surface area (Å²) in [5, 5.41) is 3.27. The summed E-state index contributed by atoms with van der Waals surface area (Å²) in [6, 6.07) is 5.45. The van der Waals surface area contributed by atoms with Crippen LogP contribution in [0.25, 0.3) is 0 Å². The van der Waals surface area contributed by atoms with E-state index in [-0.39, 0.29) is 5.91 Å².